The first-order chi connectivity index (χ1) is 14.3. The molecule has 0 amide bonds. The molecule has 1 aromatic carbocycles. The highest BCUT2D eigenvalue weighted by Crippen LogP contribution is 2.39. The van der Waals surface area contributed by atoms with Gasteiger partial charge in [-0.05, 0) is 50.0 Å². The summed E-state index contributed by atoms with van der Waals surface area (Å²) in [7, 11) is 1.36. The summed E-state index contributed by atoms with van der Waals surface area (Å²) in [6.07, 6.45) is 1.96. The molecule has 1 aliphatic rings. The van der Waals surface area contributed by atoms with Gasteiger partial charge in [-0.25, -0.2) is 8.78 Å². The predicted octanol–water partition coefficient (Wildman–Crippen LogP) is 8.05. The maximum atomic E-state index is 14.7. The van der Waals surface area contributed by atoms with E-state index in [4.69, 9.17) is 4.74 Å². The monoisotopic (exact) mass is 432 g/mol. The summed E-state index contributed by atoms with van der Waals surface area (Å²) in [4.78, 5) is 0. The van der Waals surface area contributed by atoms with Crippen molar-refractivity contribution in [2.75, 3.05) is 13.7 Å². The zero-order valence-electron chi connectivity index (χ0n) is 17.9. The molecule has 0 spiro atoms. The van der Waals surface area contributed by atoms with Gasteiger partial charge >= 0.3 is 6.18 Å². The third-order valence-corrected chi connectivity index (χ3v) is 6.20. The van der Waals surface area contributed by atoms with Crippen molar-refractivity contribution in [3.63, 3.8) is 0 Å². The lowest BCUT2D eigenvalue weighted by Crippen LogP contribution is -2.26. The van der Waals surface area contributed by atoms with E-state index in [0.29, 0.717) is 24.3 Å². The minimum absolute atomic E-state index is 0.0194. The molecule has 0 heterocycles. The molecule has 2 rings (SSSR count). The van der Waals surface area contributed by atoms with E-state index in [0.717, 1.165) is 25.7 Å². The molecule has 1 unspecified atom stereocenters. The average Bonchev–Trinajstić information content (AvgIpc) is 2.74. The number of rotatable bonds is 10. The molecule has 0 bridgehead atoms. The molecule has 0 aliphatic heterocycles. The summed E-state index contributed by atoms with van der Waals surface area (Å²) in [6, 6.07) is 5.66. The van der Waals surface area contributed by atoms with E-state index in [1.54, 1.807) is 0 Å². The number of hydrogen-bond acceptors (Lipinski definition) is 1. The summed E-state index contributed by atoms with van der Waals surface area (Å²) in [5.41, 5.74) is 0.534. The molecule has 1 aliphatic carbocycles. The third-order valence-electron chi connectivity index (χ3n) is 6.20. The van der Waals surface area contributed by atoms with Gasteiger partial charge in [-0.15, -0.1) is 0 Å². The van der Waals surface area contributed by atoms with Gasteiger partial charge in [0.1, 0.15) is 5.83 Å². The molecule has 1 nitrogen and oxygen atoms in total. The Kier molecular flexibility index (Phi) is 9.79. The maximum absolute atomic E-state index is 14.7. The van der Waals surface area contributed by atoms with Crippen molar-refractivity contribution in [1.29, 1.82) is 0 Å². The van der Waals surface area contributed by atoms with Gasteiger partial charge in [-0.1, -0.05) is 50.5 Å². The van der Waals surface area contributed by atoms with Gasteiger partial charge in [-0.3, -0.25) is 0 Å². The van der Waals surface area contributed by atoms with Crippen molar-refractivity contribution >= 4 is 5.83 Å². The summed E-state index contributed by atoms with van der Waals surface area (Å²) in [5.74, 6) is -2.92. The van der Waals surface area contributed by atoms with Crippen LogP contribution in [0.15, 0.2) is 30.1 Å². The number of methoxy groups -OCH3 is 1. The Balaban J connectivity index is 2.00. The Hall–Kier alpha value is -1.43. The normalized spacial score (nSPS) is 22.0. The van der Waals surface area contributed by atoms with Crippen LogP contribution in [0, 0.1) is 17.8 Å². The molecule has 30 heavy (non-hydrogen) atoms. The second kappa shape index (κ2) is 11.8. The second-order valence-electron chi connectivity index (χ2n) is 8.44. The lowest BCUT2D eigenvalue weighted by atomic mass is 9.79. The van der Waals surface area contributed by atoms with Crippen LogP contribution in [-0.4, -0.2) is 19.9 Å². The van der Waals surface area contributed by atoms with Gasteiger partial charge in [0.25, 0.3) is 0 Å². The van der Waals surface area contributed by atoms with E-state index >= 15 is 0 Å². The molecule has 1 atom stereocenters. The van der Waals surface area contributed by atoms with Crippen molar-refractivity contribution in [1.82, 2.24) is 0 Å². The summed E-state index contributed by atoms with van der Waals surface area (Å²) >= 11 is 0. The Labute approximate surface area is 176 Å². The molecule has 1 saturated carbocycles. The third kappa shape index (κ3) is 7.36. The molecule has 1 fully saturated rings. The lowest BCUT2D eigenvalue weighted by Gasteiger charge is -2.27. The van der Waals surface area contributed by atoms with Crippen LogP contribution in [0.3, 0.4) is 0 Å². The van der Waals surface area contributed by atoms with E-state index in [-0.39, 0.29) is 25.0 Å². The van der Waals surface area contributed by atoms with Gasteiger partial charge in [-0.2, -0.15) is 13.2 Å². The zero-order chi connectivity index (χ0) is 22.1. The van der Waals surface area contributed by atoms with Crippen molar-refractivity contribution in [3.05, 3.63) is 41.2 Å². The second-order valence-corrected chi connectivity index (χ2v) is 8.44. The van der Waals surface area contributed by atoms with Crippen molar-refractivity contribution in [3.8, 4) is 0 Å². The van der Waals surface area contributed by atoms with Gasteiger partial charge in [0, 0.05) is 25.2 Å². The number of unbranched alkanes of at least 4 members (excludes halogenated alkanes) is 1. The summed E-state index contributed by atoms with van der Waals surface area (Å²) < 4.78 is 73.6. The van der Waals surface area contributed by atoms with Crippen LogP contribution in [0.1, 0.15) is 69.4 Å². The van der Waals surface area contributed by atoms with Gasteiger partial charge < -0.3 is 4.74 Å². The molecule has 0 aromatic heterocycles. The molecule has 0 saturated heterocycles. The van der Waals surface area contributed by atoms with E-state index < -0.39 is 29.7 Å². The highest BCUT2D eigenvalue weighted by molar-refractivity contribution is 5.61. The number of hydrogen-bond donors (Lipinski definition) is 0. The first-order valence-corrected chi connectivity index (χ1v) is 11.0. The van der Waals surface area contributed by atoms with Crippen LogP contribution in [0.5, 0.6) is 0 Å². The minimum atomic E-state index is -4.33. The molecule has 6 heteroatoms. The zero-order valence-corrected chi connectivity index (χ0v) is 17.9. The predicted molar refractivity (Wildman–Crippen MR) is 110 cm³/mol. The Morgan fingerprint density at radius 2 is 1.70 bits per heavy atom. The number of allylic oxidation sites excluding steroid dienone is 1. The Morgan fingerprint density at radius 1 is 1.07 bits per heavy atom. The summed E-state index contributed by atoms with van der Waals surface area (Å²) in [6.45, 7) is 2.17. The Morgan fingerprint density at radius 3 is 2.23 bits per heavy atom. The maximum Gasteiger partial charge on any atom is 0.392 e. The molecule has 0 radical (unpaired) electrons. The number of benzene rings is 1. The number of halogens is 5. The SMILES string of the molecule is CCCCC1CCC(/C(F)=C(/F)c2ccc(CC(CCOC)C(F)(F)F)cc2)CC1. The molecule has 170 valence electrons. The topological polar surface area (TPSA) is 9.23 Å². The van der Waals surface area contributed by atoms with Crippen LogP contribution in [0.2, 0.25) is 0 Å². The van der Waals surface area contributed by atoms with Crippen molar-refractivity contribution in [2.24, 2.45) is 17.8 Å². The summed E-state index contributed by atoms with van der Waals surface area (Å²) in [5, 5.41) is 0. The van der Waals surface area contributed by atoms with E-state index in [1.807, 2.05) is 0 Å². The van der Waals surface area contributed by atoms with Crippen LogP contribution in [0.4, 0.5) is 22.0 Å². The fourth-order valence-corrected chi connectivity index (χ4v) is 4.23. The average molecular weight is 433 g/mol. The van der Waals surface area contributed by atoms with Crippen LogP contribution in [-0.2, 0) is 11.2 Å². The largest absolute Gasteiger partial charge is 0.392 e. The molecule has 1 aromatic rings. The fourth-order valence-electron chi connectivity index (χ4n) is 4.23. The fraction of sp³-hybridized carbons (Fsp3) is 0.667. The highest BCUT2D eigenvalue weighted by atomic mass is 19.4. The van der Waals surface area contributed by atoms with E-state index in [1.165, 1.54) is 37.8 Å². The number of alkyl halides is 3. The van der Waals surface area contributed by atoms with Gasteiger partial charge in [0.05, 0.1) is 5.92 Å². The quantitative estimate of drug-likeness (QED) is 0.340. The van der Waals surface area contributed by atoms with E-state index in [2.05, 4.69) is 6.92 Å². The smallest absolute Gasteiger partial charge is 0.385 e. The first-order valence-electron chi connectivity index (χ1n) is 11.0. The molecule has 0 N–H and O–H groups in total. The van der Waals surface area contributed by atoms with Gasteiger partial charge in [0.2, 0.25) is 0 Å². The van der Waals surface area contributed by atoms with Gasteiger partial charge in [0.15, 0.2) is 5.83 Å². The highest BCUT2D eigenvalue weighted by Gasteiger charge is 2.39. The van der Waals surface area contributed by atoms with Crippen LogP contribution >= 0.6 is 0 Å². The molecular weight excluding hydrogens is 399 g/mol. The Bertz CT molecular complexity index is 657. The van der Waals surface area contributed by atoms with E-state index in [9.17, 15) is 22.0 Å². The molecular formula is C24H33F5O. The van der Waals surface area contributed by atoms with Crippen molar-refractivity contribution in [2.45, 2.75) is 70.9 Å². The van der Waals surface area contributed by atoms with Crippen molar-refractivity contribution < 1.29 is 26.7 Å². The van der Waals surface area contributed by atoms with Crippen LogP contribution < -0.4 is 0 Å². The lowest BCUT2D eigenvalue weighted by molar-refractivity contribution is -0.178. The standard InChI is InChI=1S/C24H33F5O/c1-3-4-5-17-6-10-19(11-7-17)22(25)23(26)20-12-8-18(9-13-20)16-21(14-15-30-2)24(27,28)29/h8-9,12-13,17,19,21H,3-7,10-11,14-16H2,1-2H3/b23-22-. The van der Waals surface area contributed by atoms with Crippen LogP contribution in [0.25, 0.3) is 5.83 Å². The minimum Gasteiger partial charge on any atom is -0.385 e. The number of ether oxygens (including phenoxy) is 1. The first kappa shape index (κ1) is 24.8.